The Morgan fingerprint density at radius 2 is 1.74 bits per heavy atom. The lowest BCUT2D eigenvalue weighted by molar-refractivity contribution is -0.135. The van der Waals surface area contributed by atoms with Gasteiger partial charge >= 0.3 is 0 Å². The summed E-state index contributed by atoms with van der Waals surface area (Å²) in [6, 6.07) is -0.000694. The SMILES string of the molecule is CN=C(NCC1CCN(C)C1)N1CCN(C(C)C(=O)N2CCCC2)CC1.I. The lowest BCUT2D eigenvalue weighted by Crippen LogP contribution is -2.57. The molecule has 1 amide bonds. The van der Waals surface area contributed by atoms with Gasteiger partial charge in [0, 0.05) is 59.4 Å². The second kappa shape index (κ2) is 10.8. The number of hydrogen-bond acceptors (Lipinski definition) is 4. The first-order chi connectivity index (χ1) is 12.6. The Morgan fingerprint density at radius 3 is 2.30 bits per heavy atom. The summed E-state index contributed by atoms with van der Waals surface area (Å²) in [4.78, 5) is 26.2. The van der Waals surface area contributed by atoms with Gasteiger partial charge in [-0.2, -0.15) is 0 Å². The predicted molar refractivity (Wildman–Crippen MR) is 121 cm³/mol. The molecule has 0 saturated carbocycles. The van der Waals surface area contributed by atoms with E-state index < -0.39 is 0 Å². The Labute approximate surface area is 181 Å². The molecule has 3 saturated heterocycles. The van der Waals surface area contributed by atoms with Crippen molar-refractivity contribution in [1.29, 1.82) is 0 Å². The van der Waals surface area contributed by atoms with Crippen molar-refractivity contribution in [2.75, 3.05) is 73.0 Å². The van der Waals surface area contributed by atoms with Crippen molar-refractivity contribution in [3.05, 3.63) is 0 Å². The van der Waals surface area contributed by atoms with E-state index in [2.05, 4.69) is 39.0 Å². The first kappa shape index (κ1) is 22.7. The third kappa shape index (κ3) is 5.93. The van der Waals surface area contributed by atoms with Gasteiger partial charge in [-0.25, -0.2) is 0 Å². The zero-order chi connectivity index (χ0) is 18.5. The van der Waals surface area contributed by atoms with E-state index in [4.69, 9.17) is 0 Å². The van der Waals surface area contributed by atoms with E-state index in [1.54, 1.807) is 0 Å². The van der Waals surface area contributed by atoms with Gasteiger partial charge in [0.2, 0.25) is 5.91 Å². The Balaban J connectivity index is 0.00000261. The molecule has 27 heavy (non-hydrogen) atoms. The maximum absolute atomic E-state index is 12.6. The minimum absolute atomic E-state index is 0. The van der Waals surface area contributed by atoms with Crippen molar-refractivity contribution in [3.63, 3.8) is 0 Å². The largest absolute Gasteiger partial charge is 0.356 e. The number of rotatable bonds is 4. The summed E-state index contributed by atoms with van der Waals surface area (Å²) in [7, 11) is 4.06. The molecule has 0 aromatic rings. The van der Waals surface area contributed by atoms with Crippen LogP contribution in [0.4, 0.5) is 0 Å². The van der Waals surface area contributed by atoms with Crippen LogP contribution in [0.3, 0.4) is 0 Å². The molecule has 3 fully saturated rings. The topological polar surface area (TPSA) is 54.4 Å². The number of carbonyl (C=O) groups excluding carboxylic acids is 1. The van der Waals surface area contributed by atoms with E-state index in [-0.39, 0.29) is 30.0 Å². The summed E-state index contributed by atoms with van der Waals surface area (Å²) in [6.45, 7) is 11.0. The number of carbonyl (C=O) groups is 1. The molecule has 0 radical (unpaired) electrons. The number of piperazine rings is 1. The molecule has 1 N–H and O–H groups in total. The van der Waals surface area contributed by atoms with Crippen LogP contribution in [-0.4, -0.2) is 111 Å². The summed E-state index contributed by atoms with van der Waals surface area (Å²) in [5, 5.41) is 3.57. The number of hydrogen-bond donors (Lipinski definition) is 1. The number of nitrogens with zero attached hydrogens (tertiary/aromatic N) is 5. The Kier molecular flexibility index (Phi) is 9.07. The molecule has 8 heteroatoms. The van der Waals surface area contributed by atoms with Gasteiger partial charge in [0.15, 0.2) is 5.96 Å². The predicted octanol–water partition coefficient (Wildman–Crippen LogP) is 0.760. The Bertz CT molecular complexity index is 502. The normalized spacial score (nSPS) is 26.2. The quantitative estimate of drug-likeness (QED) is 0.357. The molecule has 3 rings (SSSR count). The molecule has 3 aliphatic heterocycles. The third-order valence-corrected chi connectivity index (χ3v) is 6.19. The smallest absolute Gasteiger partial charge is 0.239 e. The highest BCUT2D eigenvalue weighted by Gasteiger charge is 2.30. The van der Waals surface area contributed by atoms with Gasteiger partial charge in [0.05, 0.1) is 6.04 Å². The Hall–Kier alpha value is -0.610. The van der Waals surface area contributed by atoms with Crippen LogP contribution in [0.25, 0.3) is 0 Å². The number of amides is 1. The minimum atomic E-state index is -0.000694. The summed E-state index contributed by atoms with van der Waals surface area (Å²) in [5.41, 5.74) is 0. The first-order valence-corrected chi connectivity index (χ1v) is 10.3. The van der Waals surface area contributed by atoms with E-state index in [0.29, 0.717) is 5.91 Å². The van der Waals surface area contributed by atoms with Crippen LogP contribution in [0, 0.1) is 5.92 Å². The second-order valence-electron chi connectivity index (χ2n) is 8.08. The molecule has 3 aliphatic rings. The molecule has 7 nitrogen and oxygen atoms in total. The molecule has 0 spiro atoms. The number of nitrogens with one attached hydrogen (secondary N) is 1. The van der Waals surface area contributed by atoms with E-state index in [1.807, 2.05) is 11.9 Å². The molecule has 2 atom stereocenters. The average molecular weight is 492 g/mol. The van der Waals surface area contributed by atoms with Crippen LogP contribution >= 0.6 is 24.0 Å². The van der Waals surface area contributed by atoms with Crippen LogP contribution in [0.1, 0.15) is 26.2 Å². The molecular formula is C19H37IN6O. The van der Waals surface area contributed by atoms with Gasteiger partial charge in [-0.3, -0.25) is 14.7 Å². The molecule has 0 bridgehead atoms. The maximum atomic E-state index is 12.6. The molecule has 156 valence electrons. The average Bonchev–Trinajstić information content (AvgIpc) is 3.33. The van der Waals surface area contributed by atoms with Crippen LogP contribution < -0.4 is 5.32 Å². The van der Waals surface area contributed by atoms with Crippen molar-refractivity contribution in [2.24, 2.45) is 10.9 Å². The highest BCUT2D eigenvalue weighted by molar-refractivity contribution is 14.0. The third-order valence-electron chi connectivity index (χ3n) is 6.19. The maximum Gasteiger partial charge on any atom is 0.239 e. The van der Waals surface area contributed by atoms with Crippen LogP contribution in [0.15, 0.2) is 4.99 Å². The van der Waals surface area contributed by atoms with Crippen molar-refractivity contribution in [1.82, 2.24) is 24.9 Å². The van der Waals surface area contributed by atoms with Crippen molar-refractivity contribution in [3.8, 4) is 0 Å². The standard InChI is InChI=1S/C19H36N6O.HI/c1-16(18(26)24-7-4-5-8-24)23-10-12-25(13-11-23)19(20-2)21-14-17-6-9-22(3)15-17;/h16-17H,4-15H2,1-3H3,(H,20,21);1H. The summed E-state index contributed by atoms with van der Waals surface area (Å²) < 4.78 is 0. The van der Waals surface area contributed by atoms with Gasteiger partial charge in [0.1, 0.15) is 0 Å². The molecular weight excluding hydrogens is 455 g/mol. The first-order valence-electron chi connectivity index (χ1n) is 10.3. The van der Waals surface area contributed by atoms with Gasteiger partial charge < -0.3 is 20.0 Å². The van der Waals surface area contributed by atoms with Crippen molar-refractivity contribution in [2.45, 2.75) is 32.2 Å². The van der Waals surface area contributed by atoms with Gasteiger partial charge in [-0.05, 0) is 45.7 Å². The van der Waals surface area contributed by atoms with Crippen LogP contribution in [-0.2, 0) is 4.79 Å². The van der Waals surface area contributed by atoms with E-state index in [0.717, 1.165) is 70.5 Å². The number of aliphatic imine (C=N–C) groups is 1. The highest BCUT2D eigenvalue weighted by Crippen LogP contribution is 2.15. The fraction of sp³-hybridized carbons (Fsp3) is 0.895. The van der Waals surface area contributed by atoms with Crippen molar-refractivity contribution >= 4 is 35.8 Å². The zero-order valence-corrected chi connectivity index (χ0v) is 19.5. The molecule has 0 aromatic heterocycles. The second-order valence-corrected chi connectivity index (χ2v) is 8.08. The monoisotopic (exact) mass is 492 g/mol. The van der Waals surface area contributed by atoms with Crippen LogP contribution in [0.2, 0.25) is 0 Å². The van der Waals surface area contributed by atoms with E-state index in [9.17, 15) is 4.79 Å². The molecule has 2 unspecified atom stereocenters. The zero-order valence-electron chi connectivity index (χ0n) is 17.2. The number of likely N-dealkylation sites (tertiary alicyclic amines) is 2. The van der Waals surface area contributed by atoms with Gasteiger partial charge in [-0.15, -0.1) is 24.0 Å². The lowest BCUT2D eigenvalue weighted by Gasteiger charge is -2.39. The Morgan fingerprint density at radius 1 is 1.07 bits per heavy atom. The fourth-order valence-electron chi connectivity index (χ4n) is 4.44. The number of guanidine groups is 1. The summed E-state index contributed by atoms with van der Waals surface area (Å²) >= 11 is 0. The number of halogens is 1. The fourth-order valence-corrected chi connectivity index (χ4v) is 4.44. The summed E-state index contributed by atoms with van der Waals surface area (Å²) in [6.07, 6.45) is 3.58. The molecule has 0 aliphatic carbocycles. The minimum Gasteiger partial charge on any atom is -0.356 e. The summed E-state index contributed by atoms with van der Waals surface area (Å²) in [5.74, 6) is 2.04. The van der Waals surface area contributed by atoms with Crippen molar-refractivity contribution < 1.29 is 4.79 Å². The van der Waals surface area contributed by atoms with Crippen LogP contribution in [0.5, 0.6) is 0 Å². The van der Waals surface area contributed by atoms with E-state index >= 15 is 0 Å². The van der Waals surface area contributed by atoms with E-state index in [1.165, 1.54) is 19.5 Å². The van der Waals surface area contributed by atoms with Gasteiger partial charge in [0.25, 0.3) is 0 Å². The molecule has 0 aromatic carbocycles. The van der Waals surface area contributed by atoms with Gasteiger partial charge in [-0.1, -0.05) is 0 Å². The highest BCUT2D eigenvalue weighted by atomic mass is 127. The lowest BCUT2D eigenvalue weighted by atomic mass is 10.1. The molecule has 3 heterocycles.